The molecule has 0 amide bonds. The second kappa shape index (κ2) is 4.21. The van der Waals surface area contributed by atoms with E-state index in [2.05, 4.69) is 24.3 Å². The smallest absolute Gasteiger partial charge is 0.00474 e. The van der Waals surface area contributed by atoms with Gasteiger partial charge < -0.3 is 5.73 Å². The number of hydrogen-bond donors (Lipinski definition) is 1. The van der Waals surface area contributed by atoms with Crippen LogP contribution in [0.5, 0.6) is 0 Å². The first kappa shape index (κ1) is 10.3. The summed E-state index contributed by atoms with van der Waals surface area (Å²) in [6, 6.07) is 9.26. The van der Waals surface area contributed by atoms with Crippen LogP contribution in [0.25, 0.3) is 0 Å². The molecule has 2 unspecified atom stereocenters. The molecule has 0 saturated heterocycles. The van der Waals surface area contributed by atoms with Gasteiger partial charge in [0.2, 0.25) is 0 Å². The zero-order chi connectivity index (χ0) is 11.0. The molecule has 0 heterocycles. The topological polar surface area (TPSA) is 26.0 Å². The first-order chi connectivity index (χ1) is 7.83. The predicted molar refractivity (Wildman–Crippen MR) is 67.4 cm³/mol. The van der Waals surface area contributed by atoms with Gasteiger partial charge in [-0.25, -0.2) is 0 Å². The Morgan fingerprint density at radius 2 is 2.00 bits per heavy atom. The molecule has 1 heteroatoms. The van der Waals surface area contributed by atoms with Crippen LogP contribution in [0.1, 0.15) is 49.1 Å². The molecule has 0 aliphatic heterocycles. The van der Waals surface area contributed by atoms with Crippen LogP contribution in [0.4, 0.5) is 0 Å². The van der Waals surface area contributed by atoms with Crippen molar-refractivity contribution in [2.24, 2.45) is 11.7 Å². The molecule has 2 N–H and O–H groups in total. The standard InChI is InChI=1S/C15H21N/c16-14(8-11-4-3-5-11)10-13-9-12-6-1-2-7-15(12)13/h1-2,6-7,11,13-14H,3-5,8-10,16H2. The highest BCUT2D eigenvalue weighted by molar-refractivity contribution is 5.39. The zero-order valence-corrected chi connectivity index (χ0v) is 9.86. The lowest BCUT2D eigenvalue weighted by Gasteiger charge is -2.34. The lowest BCUT2D eigenvalue weighted by Crippen LogP contribution is -2.31. The van der Waals surface area contributed by atoms with Crippen molar-refractivity contribution >= 4 is 0 Å². The maximum absolute atomic E-state index is 6.25. The predicted octanol–water partition coefficient (Wildman–Crippen LogP) is 3.23. The van der Waals surface area contributed by atoms with E-state index in [1.54, 1.807) is 11.1 Å². The van der Waals surface area contributed by atoms with Crippen molar-refractivity contribution in [1.29, 1.82) is 0 Å². The molecule has 16 heavy (non-hydrogen) atoms. The maximum Gasteiger partial charge on any atom is 0.00474 e. The van der Waals surface area contributed by atoms with E-state index in [9.17, 15) is 0 Å². The van der Waals surface area contributed by atoms with Crippen molar-refractivity contribution < 1.29 is 0 Å². The monoisotopic (exact) mass is 215 g/mol. The Balaban J connectivity index is 1.53. The molecule has 2 aliphatic carbocycles. The Labute approximate surface area is 98.0 Å². The SMILES string of the molecule is NC(CC1CCC1)CC1Cc2ccccc21. The van der Waals surface area contributed by atoms with Crippen LogP contribution >= 0.6 is 0 Å². The second-order valence-corrected chi connectivity index (χ2v) is 5.63. The van der Waals surface area contributed by atoms with Crippen molar-refractivity contribution in [3.63, 3.8) is 0 Å². The van der Waals surface area contributed by atoms with E-state index in [1.807, 2.05) is 0 Å². The molecule has 1 fully saturated rings. The van der Waals surface area contributed by atoms with Gasteiger partial charge in [-0.2, -0.15) is 0 Å². The summed E-state index contributed by atoms with van der Waals surface area (Å²) in [5.74, 6) is 1.71. The van der Waals surface area contributed by atoms with Crippen molar-refractivity contribution in [1.82, 2.24) is 0 Å². The number of fused-ring (bicyclic) bond motifs is 1. The van der Waals surface area contributed by atoms with Crippen molar-refractivity contribution in [2.45, 2.75) is 50.5 Å². The highest BCUT2D eigenvalue weighted by atomic mass is 14.6. The summed E-state index contributed by atoms with van der Waals surface area (Å²) in [4.78, 5) is 0. The van der Waals surface area contributed by atoms with Gasteiger partial charge in [0.1, 0.15) is 0 Å². The Kier molecular flexibility index (Phi) is 2.72. The van der Waals surface area contributed by atoms with Gasteiger partial charge in [-0.1, -0.05) is 43.5 Å². The van der Waals surface area contributed by atoms with Gasteiger partial charge >= 0.3 is 0 Å². The van der Waals surface area contributed by atoms with E-state index in [4.69, 9.17) is 5.73 Å². The van der Waals surface area contributed by atoms with Gasteiger partial charge in [-0.05, 0) is 42.2 Å². The molecule has 1 aromatic rings. The molecular weight excluding hydrogens is 194 g/mol. The summed E-state index contributed by atoms with van der Waals surface area (Å²) in [6.45, 7) is 0. The van der Waals surface area contributed by atoms with Crippen LogP contribution in [0.3, 0.4) is 0 Å². The molecule has 1 aromatic carbocycles. The Morgan fingerprint density at radius 1 is 1.19 bits per heavy atom. The molecule has 3 rings (SSSR count). The minimum absolute atomic E-state index is 0.434. The first-order valence-corrected chi connectivity index (χ1v) is 6.66. The van der Waals surface area contributed by atoms with Crippen molar-refractivity contribution in [3.8, 4) is 0 Å². The summed E-state index contributed by atoms with van der Waals surface area (Å²) < 4.78 is 0. The minimum atomic E-state index is 0.434. The van der Waals surface area contributed by atoms with Crippen LogP contribution in [0, 0.1) is 5.92 Å². The van der Waals surface area contributed by atoms with Gasteiger partial charge in [-0.15, -0.1) is 0 Å². The highest BCUT2D eigenvalue weighted by Crippen LogP contribution is 2.39. The average Bonchev–Trinajstić information content (AvgIpc) is 2.20. The number of hydrogen-bond acceptors (Lipinski definition) is 1. The van der Waals surface area contributed by atoms with E-state index in [0.717, 1.165) is 11.8 Å². The molecule has 0 spiro atoms. The molecule has 0 bridgehead atoms. The molecule has 86 valence electrons. The van der Waals surface area contributed by atoms with Crippen molar-refractivity contribution in [3.05, 3.63) is 35.4 Å². The van der Waals surface area contributed by atoms with Crippen LogP contribution in [-0.2, 0) is 6.42 Å². The lowest BCUT2D eigenvalue weighted by molar-refractivity contribution is 0.265. The van der Waals surface area contributed by atoms with E-state index in [0.29, 0.717) is 6.04 Å². The molecule has 1 nitrogen and oxygen atoms in total. The first-order valence-electron chi connectivity index (χ1n) is 6.66. The van der Waals surface area contributed by atoms with Gasteiger partial charge in [0.25, 0.3) is 0 Å². The number of benzene rings is 1. The summed E-state index contributed by atoms with van der Waals surface area (Å²) in [7, 11) is 0. The third-order valence-corrected chi connectivity index (χ3v) is 4.41. The normalized spacial score (nSPS) is 25.4. The zero-order valence-electron chi connectivity index (χ0n) is 9.86. The third kappa shape index (κ3) is 1.89. The molecule has 0 aromatic heterocycles. The summed E-state index contributed by atoms with van der Waals surface area (Å²) >= 11 is 0. The van der Waals surface area contributed by atoms with E-state index in [1.165, 1.54) is 38.5 Å². The molecule has 0 radical (unpaired) electrons. The van der Waals surface area contributed by atoms with Crippen molar-refractivity contribution in [2.75, 3.05) is 0 Å². The average molecular weight is 215 g/mol. The molecule has 2 aliphatic rings. The lowest BCUT2D eigenvalue weighted by atomic mass is 9.72. The van der Waals surface area contributed by atoms with Gasteiger partial charge in [0, 0.05) is 6.04 Å². The van der Waals surface area contributed by atoms with E-state index in [-0.39, 0.29) is 0 Å². The van der Waals surface area contributed by atoms with Crippen LogP contribution in [-0.4, -0.2) is 6.04 Å². The number of rotatable bonds is 4. The fourth-order valence-corrected chi connectivity index (χ4v) is 3.19. The van der Waals surface area contributed by atoms with Crippen LogP contribution in [0.2, 0.25) is 0 Å². The third-order valence-electron chi connectivity index (χ3n) is 4.41. The Bertz CT molecular complexity index is 367. The quantitative estimate of drug-likeness (QED) is 0.820. The van der Waals surface area contributed by atoms with Gasteiger partial charge in [0.15, 0.2) is 0 Å². The largest absolute Gasteiger partial charge is 0.328 e. The number of nitrogens with two attached hydrogens (primary N) is 1. The van der Waals surface area contributed by atoms with E-state index >= 15 is 0 Å². The van der Waals surface area contributed by atoms with Gasteiger partial charge in [0.05, 0.1) is 0 Å². The van der Waals surface area contributed by atoms with Crippen LogP contribution in [0.15, 0.2) is 24.3 Å². The summed E-state index contributed by atoms with van der Waals surface area (Å²) in [6.07, 6.45) is 8.01. The van der Waals surface area contributed by atoms with Gasteiger partial charge in [-0.3, -0.25) is 0 Å². The second-order valence-electron chi connectivity index (χ2n) is 5.63. The maximum atomic E-state index is 6.25. The fraction of sp³-hybridized carbons (Fsp3) is 0.600. The summed E-state index contributed by atoms with van der Waals surface area (Å²) in [5, 5.41) is 0. The Hall–Kier alpha value is -0.820. The Morgan fingerprint density at radius 3 is 2.69 bits per heavy atom. The minimum Gasteiger partial charge on any atom is -0.328 e. The molecule has 1 saturated carbocycles. The molecular formula is C15H21N. The van der Waals surface area contributed by atoms with E-state index < -0.39 is 0 Å². The summed E-state index contributed by atoms with van der Waals surface area (Å²) in [5.41, 5.74) is 9.36. The van der Waals surface area contributed by atoms with Crippen LogP contribution < -0.4 is 5.73 Å². The highest BCUT2D eigenvalue weighted by Gasteiger charge is 2.28. The fourth-order valence-electron chi connectivity index (χ4n) is 3.19. The molecule has 2 atom stereocenters.